The molecule has 2 aliphatic rings. The summed E-state index contributed by atoms with van der Waals surface area (Å²) in [6.07, 6.45) is 3.84. The van der Waals surface area contributed by atoms with Crippen LogP contribution in [0.2, 0.25) is 5.28 Å². The number of halogens is 1. The highest BCUT2D eigenvalue weighted by atomic mass is 35.5. The van der Waals surface area contributed by atoms with Gasteiger partial charge < -0.3 is 29.3 Å². The minimum atomic E-state index is -3.76. The molecule has 1 saturated heterocycles. The first-order valence-electron chi connectivity index (χ1n) is 9.82. The Morgan fingerprint density at radius 1 is 1.40 bits per heavy atom. The Balaban J connectivity index is 1.49. The number of nitrogens with one attached hydrogen (secondary N) is 1. The molecule has 30 heavy (non-hydrogen) atoms. The van der Waals surface area contributed by atoms with Crippen LogP contribution in [-0.4, -0.2) is 67.8 Å². The van der Waals surface area contributed by atoms with Crippen molar-refractivity contribution in [2.75, 3.05) is 25.4 Å². The van der Waals surface area contributed by atoms with Crippen LogP contribution in [0.5, 0.6) is 0 Å². The van der Waals surface area contributed by atoms with Gasteiger partial charge in [0, 0.05) is 19.6 Å². The third kappa shape index (κ3) is 4.77. The van der Waals surface area contributed by atoms with Crippen molar-refractivity contribution in [3.05, 3.63) is 11.6 Å². The van der Waals surface area contributed by atoms with Gasteiger partial charge in [0.1, 0.15) is 12.5 Å². The lowest BCUT2D eigenvalue weighted by molar-refractivity contribution is -0.0568. The zero-order valence-corrected chi connectivity index (χ0v) is 18.1. The van der Waals surface area contributed by atoms with E-state index in [1.807, 2.05) is 0 Å². The molecular weight excluding hydrogens is 437 g/mol. The second-order valence-electron chi connectivity index (χ2n) is 7.56. The van der Waals surface area contributed by atoms with Crippen molar-refractivity contribution in [2.45, 2.75) is 56.6 Å². The number of rotatable bonds is 8. The standard InChI is InChI=1S/C17H25ClN5O6P/c1-27-30(25,26)9-28-7-11-6-12(24)16(29-11)23-8-19-13-14(20-10-4-2-3-5-10)21-17(18)22-15(13)23/h8,10-12,16,24H,2-7,9H2,1H3,(H,25,26)(H,20,21,22)/t11-,12+,16?/m0/s1. The SMILES string of the molecule is COP(=O)(O)COC[C@@H]1C[C@@H](O)C(n2cnc3c(NC4CCCC4)nc(Cl)nc32)O1. The summed E-state index contributed by atoms with van der Waals surface area (Å²) in [4.78, 5) is 22.4. The van der Waals surface area contributed by atoms with E-state index in [1.165, 1.54) is 12.8 Å². The number of fused-ring (bicyclic) bond motifs is 1. The smallest absolute Gasteiger partial charge is 0.353 e. The molecule has 2 unspecified atom stereocenters. The Bertz CT molecular complexity index is 939. The fourth-order valence-corrected chi connectivity index (χ4v) is 4.49. The molecule has 13 heteroatoms. The molecule has 4 rings (SSSR count). The normalized spacial score (nSPS) is 27.0. The van der Waals surface area contributed by atoms with Gasteiger partial charge in [0.2, 0.25) is 5.28 Å². The lowest BCUT2D eigenvalue weighted by Crippen LogP contribution is -2.20. The summed E-state index contributed by atoms with van der Waals surface area (Å²) in [5.74, 6) is 0.571. The van der Waals surface area contributed by atoms with E-state index in [-0.39, 0.29) is 11.9 Å². The first kappa shape index (κ1) is 21.9. The Hall–Kier alpha value is -1.33. The molecule has 0 amide bonds. The fourth-order valence-electron chi connectivity index (χ4n) is 3.88. The van der Waals surface area contributed by atoms with Crippen LogP contribution >= 0.6 is 19.2 Å². The largest absolute Gasteiger partial charge is 0.388 e. The lowest BCUT2D eigenvalue weighted by Gasteiger charge is -2.18. The van der Waals surface area contributed by atoms with Crippen molar-refractivity contribution in [2.24, 2.45) is 0 Å². The van der Waals surface area contributed by atoms with Crippen LogP contribution in [-0.2, 0) is 18.6 Å². The second-order valence-corrected chi connectivity index (χ2v) is 9.80. The molecule has 0 radical (unpaired) electrons. The van der Waals surface area contributed by atoms with Gasteiger partial charge in [-0.2, -0.15) is 9.97 Å². The molecule has 3 N–H and O–H groups in total. The lowest BCUT2D eigenvalue weighted by atomic mass is 10.2. The van der Waals surface area contributed by atoms with Gasteiger partial charge in [0.05, 0.1) is 19.0 Å². The summed E-state index contributed by atoms with van der Waals surface area (Å²) in [7, 11) is -2.62. The number of hydrogen-bond donors (Lipinski definition) is 3. The van der Waals surface area contributed by atoms with Crippen LogP contribution in [0, 0.1) is 0 Å². The van der Waals surface area contributed by atoms with E-state index in [0.717, 1.165) is 20.0 Å². The van der Waals surface area contributed by atoms with Crippen LogP contribution in [0.15, 0.2) is 6.33 Å². The maximum absolute atomic E-state index is 11.5. The molecule has 0 bridgehead atoms. The topological polar surface area (TPSA) is 141 Å². The molecule has 3 heterocycles. The molecule has 1 saturated carbocycles. The van der Waals surface area contributed by atoms with Crippen LogP contribution in [0.3, 0.4) is 0 Å². The molecule has 2 fully saturated rings. The number of ether oxygens (including phenoxy) is 2. The van der Waals surface area contributed by atoms with Crippen LogP contribution in [0.1, 0.15) is 38.3 Å². The van der Waals surface area contributed by atoms with Crippen molar-refractivity contribution >= 4 is 36.2 Å². The molecule has 2 aromatic rings. The number of aromatic nitrogens is 4. The van der Waals surface area contributed by atoms with E-state index >= 15 is 0 Å². The van der Waals surface area contributed by atoms with E-state index in [2.05, 4.69) is 24.8 Å². The van der Waals surface area contributed by atoms with Gasteiger partial charge in [-0.1, -0.05) is 12.8 Å². The van der Waals surface area contributed by atoms with Crippen LogP contribution in [0.25, 0.3) is 11.2 Å². The van der Waals surface area contributed by atoms with E-state index in [4.69, 9.17) is 21.1 Å². The predicted octanol–water partition coefficient (Wildman–Crippen LogP) is 2.29. The fraction of sp³-hybridized carbons (Fsp3) is 0.706. The molecule has 1 aliphatic heterocycles. The summed E-state index contributed by atoms with van der Waals surface area (Å²) in [5.41, 5.74) is 1.02. The number of aliphatic hydroxyl groups excluding tert-OH is 1. The van der Waals surface area contributed by atoms with Crippen molar-refractivity contribution in [1.82, 2.24) is 19.5 Å². The molecule has 166 valence electrons. The second kappa shape index (κ2) is 9.04. The predicted molar refractivity (Wildman–Crippen MR) is 108 cm³/mol. The van der Waals surface area contributed by atoms with Gasteiger partial charge in [-0.05, 0) is 24.4 Å². The first-order valence-corrected chi connectivity index (χ1v) is 12.0. The summed E-state index contributed by atoms with van der Waals surface area (Å²) < 4.78 is 28.7. The molecule has 0 spiro atoms. The van der Waals surface area contributed by atoms with E-state index in [1.54, 1.807) is 10.9 Å². The Morgan fingerprint density at radius 3 is 2.90 bits per heavy atom. The monoisotopic (exact) mass is 461 g/mol. The molecule has 0 aromatic carbocycles. The number of imidazole rings is 1. The van der Waals surface area contributed by atoms with Crippen LogP contribution in [0.4, 0.5) is 5.82 Å². The van der Waals surface area contributed by atoms with Gasteiger partial charge in [0.15, 0.2) is 23.2 Å². The van der Waals surface area contributed by atoms with Gasteiger partial charge in [-0.3, -0.25) is 9.13 Å². The Morgan fingerprint density at radius 2 is 2.17 bits per heavy atom. The minimum absolute atomic E-state index is 0.0400. The maximum Gasteiger partial charge on any atom is 0.353 e. The van der Waals surface area contributed by atoms with Gasteiger partial charge in [-0.25, -0.2) is 4.98 Å². The van der Waals surface area contributed by atoms with Gasteiger partial charge in [-0.15, -0.1) is 0 Å². The summed E-state index contributed by atoms with van der Waals surface area (Å²) in [6.45, 7) is 0.0400. The number of nitrogens with zero attached hydrogens (tertiary/aromatic N) is 4. The zero-order chi connectivity index (χ0) is 21.3. The highest BCUT2D eigenvalue weighted by Crippen LogP contribution is 2.41. The number of hydrogen-bond acceptors (Lipinski definition) is 9. The van der Waals surface area contributed by atoms with Gasteiger partial charge >= 0.3 is 7.60 Å². The van der Waals surface area contributed by atoms with Gasteiger partial charge in [0.25, 0.3) is 0 Å². The summed E-state index contributed by atoms with van der Waals surface area (Å²) in [5, 5.41) is 14.0. The Kier molecular flexibility index (Phi) is 6.59. The Labute approximate surface area is 178 Å². The summed E-state index contributed by atoms with van der Waals surface area (Å²) in [6, 6.07) is 0.328. The van der Waals surface area contributed by atoms with Crippen molar-refractivity contribution in [1.29, 1.82) is 0 Å². The molecule has 4 atom stereocenters. The molecule has 11 nitrogen and oxygen atoms in total. The number of anilines is 1. The van der Waals surface area contributed by atoms with E-state index in [0.29, 0.717) is 29.4 Å². The van der Waals surface area contributed by atoms with E-state index < -0.39 is 32.4 Å². The quantitative estimate of drug-likeness (QED) is 0.396. The van der Waals surface area contributed by atoms with E-state index in [9.17, 15) is 14.6 Å². The maximum atomic E-state index is 11.5. The summed E-state index contributed by atoms with van der Waals surface area (Å²) >= 11 is 6.15. The van der Waals surface area contributed by atoms with Crippen molar-refractivity contribution in [3.8, 4) is 0 Å². The van der Waals surface area contributed by atoms with Crippen LogP contribution < -0.4 is 5.32 Å². The average Bonchev–Trinajstić information content (AvgIpc) is 3.42. The molecular formula is C17H25ClN5O6P. The highest BCUT2D eigenvalue weighted by molar-refractivity contribution is 7.52. The van der Waals surface area contributed by atoms with Crippen molar-refractivity contribution < 1.29 is 28.6 Å². The molecule has 2 aromatic heterocycles. The highest BCUT2D eigenvalue weighted by Gasteiger charge is 2.37. The zero-order valence-electron chi connectivity index (χ0n) is 16.5. The molecule has 1 aliphatic carbocycles. The first-order chi connectivity index (χ1) is 14.4. The minimum Gasteiger partial charge on any atom is -0.388 e. The third-order valence-electron chi connectivity index (χ3n) is 5.37. The average molecular weight is 462 g/mol. The van der Waals surface area contributed by atoms with Crippen molar-refractivity contribution in [3.63, 3.8) is 0 Å². The third-order valence-corrected chi connectivity index (χ3v) is 6.62. The number of aliphatic hydroxyl groups is 1.